The maximum atomic E-state index is 12.6. The molecular formula is C27H27N7O2. The number of H-pyrrole nitrogens is 1. The molecule has 182 valence electrons. The molecule has 1 fully saturated rings. The van der Waals surface area contributed by atoms with E-state index in [4.69, 9.17) is 15.6 Å². The van der Waals surface area contributed by atoms with Crippen LogP contribution in [0.5, 0.6) is 0 Å². The maximum Gasteiger partial charge on any atom is 0.410 e. The molecule has 36 heavy (non-hydrogen) atoms. The summed E-state index contributed by atoms with van der Waals surface area (Å²) in [5.41, 5.74) is 7.28. The Kier molecular flexibility index (Phi) is 5.74. The molecule has 3 aromatic heterocycles. The topological polar surface area (TPSA) is 114 Å². The Morgan fingerprint density at radius 2 is 1.89 bits per heavy atom. The van der Waals surface area contributed by atoms with E-state index in [1.165, 1.54) is 0 Å². The third-order valence-corrected chi connectivity index (χ3v) is 6.83. The highest BCUT2D eigenvalue weighted by molar-refractivity contribution is 5.91. The fourth-order valence-corrected chi connectivity index (χ4v) is 4.98. The first kappa shape index (κ1) is 22.1. The molecule has 1 aliphatic heterocycles. The van der Waals surface area contributed by atoms with Crippen molar-refractivity contribution in [2.24, 2.45) is 5.84 Å². The Morgan fingerprint density at radius 3 is 2.67 bits per heavy atom. The molecular weight excluding hydrogens is 454 g/mol. The van der Waals surface area contributed by atoms with E-state index in [9.17, 15) is 4.79 Å². The number of hydrazine groups is 1. The third kappa shape index (κ3) is 4.03. The molecule has 9 heteroatoms. The number of para-hydroxylation sites is 1. The molecule has 1 saturated heterocycles. The van der Waals surface area contributed by atoms with Gasteiger partial charge in [-0.2, -0.15) is 0 Å². The third-order valence-electron chi connectivity index (χ3n) is 6.83. The predicted octanol–water partition coefficient (Wildman–Crippen LogP) is 4.68. The molecule has 4 N–H and O–H groups in total. The van der Waals surface area contributed by atoms with Crippen LogP contribution in [0.15, 0.2) is 73.1 Å². The van der Waals surface area contributed by atoms with E-state index in [0.717, 1.165) is 52.0 Å². The number of carbonyl (C=O) groups is 1. The van der Waals surface area contributed by atoms with Crippen LogP contribution >= 0.6 is 0 Å². The lowest BCUT2D eigenvalue weighted by Gasteiger charge is -2.30. The van der Waals surface area contributed by atoms with E-state index in [2.05, 4.69) is 31.9 Å². The van der Waals surface area contributed by atoms with Crippen LogP contribution in [0.4, 0.5) is 10.6 Å². The summed E-state index contributed by atoms with van der Waals surface area (Å²) in [7, 11) is 0. The monoisotopic (exact) mass is 481 g/mol. The number of hydrogen-bond donors (Lipinski definition) is 3. The van der Waals surface area contributed by atoms with Gasteiger partial charge in [0, 0.05) is 42.3 Å². The van der Waals surface area contributed by atoms with Crippen molar-refractivity contribution < 1.29 is 9.53 Å². The minimum Gasteiger partial charge on any atom is -0.445 e. The van der Waals surface area contributed by atoms with E-state index in [0.29, 0.717) is 18.9 Å². The molecule has 0 atom stereocenters. The Hall–Kier alpha value is -4.37. The number of rotatable bonds is 5. The number of carbonyl (C=O) groups excluding carboxylic acids is 1. The highest BCUT2D eigenvalue weighted by Crippen LogP contribution is 2.35. The highest BCUT2D eigenvalue weighted by atomic mass is 16.6. The number of fused-ring (bicyclic) bond motifs is 2. The second-order valence-electron chi connectivity index (χ2n) is 9.03. The van der Waals surface area contributed by atoms with Gasteiger partial charge in [0.1, 0.15) is 23.6 Å². The number of ether oxygens (including phenoxy) is 1. The largest absolute Gasteiger partial charge is 0.445 e. The fourth-order valence-electron chi connectivity index (χ4n) is 4.98. The Labute approximate surface area is 207 Å². The van der Waals surface area contributed by atoms with Crippen LogP contribution in [0, 0.1) is 0 Å². The van der Waals surface area contributed by atoms with Gasteiger partial charge < -0.3 is 20.0 Å². The second-order valence-corrected chi connectivity index (χ2v) is 9.03. The van der Waals surface area contributed by atoms with Gasteiger partial charge in [-0.1, -0.05) is 48.5 Å². The smallest absolute Gasteiger partial charge is 0.410 e. The van der Waals surface area contributed by atoms with Crippen molar-refractivity contribution in [2.45, 2.75) is 25.4 Å². The van der Waals surface area contributed by atoms with E-state index in [-0.39, 0.29) is 18.6 Å². The molecule has 0 unspecified atom stereocenters. The van der Waals surface area contributed by atoms with Crippen LogP contribution in [-0.2, 0) is 11.3 Å². The van der Waals surface area contributed by atoms with Gasteiger partial charge in [0.05, 0.1) is 5.69 Å². The molecule has 6 rings (SSSR count). The number of piperidine rings is 1. The lowest BCUT2D eigenvalue weighted by molar-refractivity contribution is 0.0866. The maximum absolute atomic E-state index is 12.6. The molecule has 0 aliphatic carbocycles. The first-order chi connectivity index (χ1) is 17.7. The van der Waals surface area contributed by atoms with E-state index in [1.807, 2.05) is 54.7 Å². The number of aromatic nitrogens is 4. The van der Waals surface area contributed by atoms with E-state index < -0.39 is 0 Å². The van der Waals surface area contributed by atoms with Gasteiger partial charge in [-0.25, -0.2) is 20.6 Å². The summed E-state index contributed by atoms with van der Waals surface area (Å²) < 4.78 is 7.60. The average molecular weight is 482 g/mol. The van der Waals surface area contributed by atoms with Crippen LogP contribution in [0.25, 0.3) is 27.8 Å². The number of likely N-dealkylation sites (tertiary alicyclic amines) is 1. The Bertz CT molecular complexity index is 1480. The summed E-state index contributed by atoms with van der Waals surface area (Å²) in [4.78, 5) is 27.4. The van der Waals surface area contributed by atoms with Crippen molar-refractivity contribution in [1.29, 1.82) is 0 Å². The van der Waals surface area contributed by atoms with Crippen molar-refractivity contribution in [3.63, 3.8) is 0 Å². The number of nitrogen functional groups attached to an aromatic ring is 1. The number of nitrogens with zero attached hydrogens (tertiary/aromatic N) is 4. The zero-order valence-electron chi connectivity index (χ0n) is 19.7. The second kappa shape index (κ2) is 9.35. The van der Waals surface area contributed by atoms with Crippen molar-refractivity contribution >= 4 is 28.3 Å². The van der Waals surface area contributed by atoms with Gasteiger partial charge in [-0.3, -0.25) is 4.40 Å². The molecule has 1 aliphatic rings. The SMILES string of the molecule is NNc1nccn2c(C3CCN(C(=O)OCc4ccccc4)CC3)nc(-c3cc4ccccc4[nH]3)c12. The number of aromatic amines is 1. The fraction of sp³-hybridized carbons (Fsp3) is 0.222. The zero-order valence-corrected chi connectivity index (χ0v) is 19.7. The van der Waals surface area contributed by atoms with Crippen molar-refractivity contribution in [1.82, 2.24) is 24.3 Å². The van der Waals surface area contributed by atoms with Crippen LogP contribution in [0.2, 0.25) is 0 Å². The first-order valence-electron chi connectivity index (χ1n) is 12.1. The molecule has 9 nitrogen and oxygen atoms in total. The number of imidazole rings is 1. The van der Waals surface area contributed by atoms with Crippen LogP contribution in [0.3, 0.4) is 0 Å². The number of amides is 1. The van der Waals surface area contributed by atoms with E-state index >= 15 is 0 Å². The first-order valence-corrected chi connectivity index (χ1v) is 12.1. The summed E-state index contributed by atoms with van der Waals surface area (Å²) in [5.74, 6) is 7.51. The van der Waals surface area contributed by atoms with Gasteiger partial charge in [0.2, 0.25) is 0 Å². The van der Waals surface area contributed by atoms with E-state index in [1.54, 1.807) is 11.1 Å². The Morgan fingerprint density at radius 1 is 1.11 bits per heavy atom. The summed E-state index contributed by atoms with van der Waals surface area (Å²) in [6.45, 7) is 1.50. The predicted molar refractivity (Wildman–Crippen MR) is 138 cm³/mol. The normalized spacial score (nSPS) is 14.4. The standard InChI is InChI=1S/C27H27N7O2/c28-32-25-24-23(22-16-20-8-4-5-9-21(20)30-22)31-26(34(24)15-12-29-25)19-10-13-33(14-11-19)27(35)36-17-18-6-2-1-3-7-18/h1-9,12,15-16,19,30H,10-11,13-14,17,28H2,(H,29,32). The van der Waals surface area contributed by atoms with Crippen LogP contribution < -0.4 is 11.3 Å². The summed E-state index contributed by atoms with van der Waals surface area (Å²) in [6, 6.07) is 20.0. The van der Waals surface area contributed by atoms with Crippen LogP contribution in [0.1, 0.15) is 30.1 Å². The number of benzene rings is 2. The summed E-state index contributed by atoms with van der Waals surface area (Å²) in [6.07, 6.45) is 4.95. The van der Waals surface area contributed by atoms with Gasteiger partial charge in [0.15, 0.2) is 5.82 Å². The molecule has 1 amide bonds. The molecule has 0 saturated carbocycles. The summed E-state index contributed by atoms with van der Waals surface area (Å²) >= 11 is 0. The Balaban J connectivity index is 1.25. The van der Waals surface area contributed by atoms with Gasteiger partial charge >= 0.3 is 6.09 Å². The molecule has 2 aromatic carbocycles. The molecule has 4 heterocycles. The highest BCUT2D eigenvalue weighted by Gasteiger charge is 2.29. The van der Waals surface area contributed by atoms with Crippen LogP contribution in [-0.4, -0.2) is 43.4 Å². The summed E-state index contributed by atoms with van der Waals surface area (Å²) in [5, 5.41) is 1.11. The van der Waals surface area contributed by atoms with Gasteiger partial charge in [-0.15, -0.1) is 0 Å². The number of nitrogens with one attached hydrogen (secondary N) is 2. The lowest BCUT2D eigenvalue weighted by atomic mass is 9.96. The number of nitrogens with two attached hydrogens (primary N) is 1. The minimum absolute atomic E-state index is 0.182. The number of anilines is 1. The van der Waals surface area contributed by atoms with Crippen molar-refractivity contribution in [3.05, 3.63) is 84.4 Å². The van der Waals surface area contributed by atoms with Crippen molar-refractivity contribution in [3.8, 4) is 11.4 Å². The van der Waals surface area contributed by atoms with Crippen molar-refractivity contribution in [2.75, 3.05) is 18.5 Å². The van der Waals surface area contributed by atoms with Gasteiger partial charge in [-0.05, 0) is 30.5 Å². The number of hydrogen-bond acceptors (Lipinski definition) is 6. The molecule has 0 radical (unpaired) electrons. The lowest BCUT2D eigenvalue weighted by Crippen LogP contribution is -2.38. The minimum atomic E-state index is -0.275. The average Bonchev–Trinajstić information content (AvgIpc) is 3.54. The van der Waals surface area contributed by atoms with Gasteiger partial charge in [0.25, 0.3) is 0 Å². The zero-order chi connectivity index (χ0) is 24.5. The molecule has 0 spiro atoms. The molecule has 0 bridgehead atoms. The quantitative estimate of drug-likeness (QED) is 0.248. The molecule has 5 aromatic rings.